The van der Waals surface area contributed by atoms with E-state index in [1.54, 1.807) is 11.8 Å². The molecule has 24 heavy (non-hydrogen) atoms. The lowest BCUT2D eigenvalue weighted by atomic mass is 9.81. The number of likely N-dealkylation sites (tertiary alicyclic amines) is 1. The third-order valence-corrected chi connectivity index (χ3v) is 5.61. The predicted molar refractivity (Wildman–Crippen MR) is 93.6 cm³/mol. The van der Waals surface area contributed by atoms with E-state index < -0.39 is 0 Å². The fourth-order valence-electron chi connectivity index (χ4n) is 3.56. The number of hydrogen-bond donors (Lipinski definition) is 1. The summed E-state index contributed by atoms with van der Waals surface area (Å²) in [6.45, 7) is 0.180. The Kier molecular flexibility index (Phi) is 5.23. The molecule has 0 aromatic heterocycles. The molecule has 1 heterocycles. The van der Waals surface area contributed by atoms with Crippen LogP contribution in [0.1, 0.15) is 32.1 Å². The number of anilines is 1. The summed E-state index contributed by atoms with van der Waals surface area (Å²) in [7, 11) is 0. The molecule has 0 bridgehead atoms. The monoisotopic (exact) mass is 346 g/mol. The highest BCUT2D eigenvalue weighted by Crippen LogP contribution is 2.37. The Balaban J connectivity index is 1.54. The van der Waals surface area contributed by atoms with Gasteiger partial charge in [-0.05, 0) is 43.4 Å². The maximum absolute atomic E-state index is 12.4. The summed E-state index contributed by atoms with van der Waals surface area (Å²) in [6, 6.07) is 7.59. The third kappa shape index (κ3) is 3.48. The van der Waals surface area contributed by atoms with Crippen molar-refractivity contribution in [2.75, 3.05) is 18.1 Å². The molecule has 1 aliphatic carbocycles. The van der Waals surface area contributed by atoms with Crippen LogP contribution in [0.2, 0.25) is 0 Å². The lowest BCUT2D eigenvalue weighted by Gasteiger charge is -2.19. The van der Waals surface area contributed by atoms with Gasteiger partial charge in [-0.2, -0.15) is 0 Å². The number of nitrogens with zero attached hydrogens (tertiary/aromatic N) is 1. The van der Waals surface area contributed by atoms with Crippen LogP contribution in [0.5, 0.6) is 0 Å². The van der Waals surface area contributed by atoms with Gasteiger partial charge in [0.1, 0.15) is 0 Å². The highest BCUT2D eigenvalue weighted by atomic mass is 32.2. The number of carbonyl (C=O) groups excluding carboxylic acids is 3. The normalized spacial score (nSPS) is 23.3. The first-order chi connectivity index (χ1) is 11.6. The molecule has 3 amide bonds. The second-order valence-electron chi connectivity index (χ2n) is 6.35. The number of fused-ring (bicyclic) bond motifs is 1. The van der Waals surface area contributed by atoms with E-state index in [-0.39, 0.29) is 42.5 Å². The van der Waals surface area contributed by atoms with E-state index in [2.05, 4.69) is 5.32 Å². The van der Waals surface area contributed by atoms with E-state index >= 15 is 0 Å². The van der Waals surface area contributed by atoms with Gasteiger partial charge in [-0.3, -0.25) is 19.3 Å². The van der Waals surface area contributed by atoms with Gasteiger partial charge in [0.05, 0.1) is 11.8 Å². The zero-order valence-corrected chi connectivity index (χ0v) is 14.6. The maximum atomic E-state index is 12.4. The molecule has 0 spiro atoms. The van der Waals surface area contributed by atoms with Crippen LogP contribution in [0.4, 0.5) is 5.69 Å². The first kappa shape index (κ1) is 17.0. The molecule has 1 N–H and O–H groups in total. The standard InChI is InChI=1S/C18H22N2O3S/c1-24-13-8-6-12(7-9-13)19-16(21)10-11-20-17(22)14-4-2-3-5-15(14)18(20)23/h6-9,14-15H,2-5,10-11H2,1H3,(H,19,21)/t14-,15+. The van der Waals surface area contributed by atoms with Crippen molar-refractivity contribution in [3.8, 4) is 0 Å². The SMILES string of the molecule is CSc1ccc(NC(=O)CCN2C(=O)[C@H]3CCCC[C@H]3C2=O)cc1. The van der Waals surface area contributed by atoms with Crippen molar-refractivity contribution >= 4 is 35.2 Å². The minimum absolute atomic E-state index is 0.0816. The Morgan fingerprint density at radius 3 is 2.25 bits per heavy atom. The Bertz CT molecular complexity index is 620. The Labute approximate surface area is 146 Å². The smallest absolute Gasteiger partial charge is 0.233 e. The van der Waals surface area contributed by atoms with Crippen molar-refractivity contribution in [2.24, 2.45) is 11.8 Å². The topological polar surface area (TPSA) is 66.5 Å². The van der Waals surface area contributed by atoms with Gasteiger partial charge in [0, 0.05) is 23.5 Å². The number of imide groups is 1. The number of carbonyl (C=O) groups is 3. The van der Waals surface area contributed by atoms with Crippen molar-refractivity contribution in [1.82, 2.24) is 4.90 Å². The molecule has 1 aromatic rings. The van der Waals surface area contributed by atoms with E-state index in [9.17, 15) is 14.4 Å². The quantitative estimate of drug-likeness (QED) is 0.658. The number of thioether (sulfide) groups is 1. The van der Waals surface area contributed by atoms with Crippen molar-refractivity contribution in [3.63, 3.8) is 0 Å². The molecular formula is C18H22N2O3S. The van der Waals surface area contributed by atoms with Gasteiger partial charge >= 0.3 is 0 Å². The minimum Gasteiger partial charge on any atom is -0.326 e. The van der Waals surface area contributed by atoms with Crippen LogP contribution in [0, 0.1) is 11.8 Å². The molecule has 0 unspecified atom stereocenters. The van der Waals surface area contributed by atoms with Crippen LogP contribution >= 0.6 is 11.8 Å². The average molecular weight is 346 g/mol. The zero-order chi connectivity index (χ0) is 17.1. The molecule has 2 fully saturated rings. The van der Waals surface area contributed by atoms with Gasteiger partial charge in [-0.1, -0.05) is 12.8 Å². The summed E-state index contributed by atoms with van der Waals surface area (Å²) in [5, 5.41) is 2.81. The fraction of sp³-hybridized carbons (Fsp3) is 0.500. The van der Waals surface area contributed by atoms with E-state index in [0.717, 1.165) is 36.3 Å². The number of benzene rings is 1. The second-order valence-corrected chi connectivity index (χ2v) is 7.23. The largest absolute Gasteiger partial charge is 0.326 e. The number of rotatable bonds is 5. The van der Waals surface area contributed by atoms with E-state index in [0.29, 0.717) is 0 Å². The fourth-order valence-corrected chi connectivity index (χ4v) is 3.97. The molecule has 1 saturated heterocycles. The Morgan fingerprint density at radius 2 is 1.71 bits per heavy atom. The van der Waals surface area contributed by atoms with Crippen LogP contribution in [0.15, 0.2) is 29.2 Å². The van der Waals surface area contributed by atoms with Crippen LogP contribution in [0.25, 0.3) is 0 Å². The Hall–Kier alpha value is -1.82. The summed E-state index contributed by atoms with van der Waals surface area (Å²) >= 11 is 1.64. The molecule has 2 atom stereocenters. The third-order valence-electron chi connectivity index (χ3n) is 4.87. The van der Waals surface area contributed by atoms with Gasteiger partial charge < -0.3 is 5.32 Å². The average Bonchev–Trinajstić information content (AvgIpc) is 2.85. The first-order valence-electron chi connectivity index (χ1n) is 8.39. The molecule has 6 heteroatoms. The molecular weight excluding hydrogens is 324 g/mol. The van der Waals surface area contributed by atoms with Crippen molar-refractivity contribution in [3.05, 3.63) is 24.3 Å². The van der Waals surface area contributed by atoms with Crippen LogP contribution in [-0.2, 0) is 14.4 Å². The van der Waals surface area contributed by atoms with Gasteiger partial charge in [0.25, 0.3) is 0 Å². The first-order valence-corrected chi connectivity index (χ1v) is 9.62. The summed E-state index contributed by atoms with van der Waals surface area (Å²) in [5.74, 6) is -0.632. The van der Waals surface area contributed by atoms with Crippen LogP contribution < -0.4 is 5.32 Å². The highest BCUT2D eigenvalue weighted by molar-refractivity contribution is 7.98. The molecule has 128 valence electrons. The van der Waals surface area contributed by atoms with Crippen LogP contribution in [-0.4, -0.2) is 35.4 Å². The number of hydrogen-bond acceptors (Lipinski definition) is 4. The van der Waals surface area contributed by atoms with Crippen LogP contribution in [0.3, 0.4) is 0 Å². The summed E-state index contributed by atoms with van der Waals surface area (Å²) in [5.41, 5.74) is 0.727. The van der Waals surface area contributed by atoms with E-state index in [1.165, 1.54) is 4.90 Å². The maximum Gasteiger partial charge on any atom is 0.233 e. The summed E-state index contributed by atoms with van der Waals surface area (Å²) in [6.07, 6.45) is 5.77. The predicted octanol–water partition coefficient (Wildman–Crippen LogP) is 2.91. The highest BCUT2D eigenvalue weighted by Gasteiger charge is 2.47. The molecule has 3 rings (SSSR count). The molecule has 5 nitrogen and oxygen atoms in total. The Morgan fingerprint density at radius 1 is 1.12 bits per heavy atom. The molecule has 1 saturated carbocycles. The van der Waals surface area contributed by atoms with Gasteiger partial charge in [0.2, 0.25) is 17.7 Å². The molecule has 1 aliphatic heterocycles. The molecule has 0 radical (unpaired) electrons. The van der Waals surface area contributed by atoms with Crippen molar-refractivity contribution in [1.29, 1.82) is 0 Å². The summed E-state index contributed by atoms with van der Waals surface area (Å²) < 4.78 is 0. The van der Waals surface area contributed by atoms with E-state index in [1.807, 2.05) is 30.5 Å². The summed E-state index contributed by atoms with van der Waals surface area (Å²) in [4.78, 5) is 39.2. The lowest BCUT2D eigenvalue weighted by molar-refractivity contribution is -0.140. The minimum atomic E-state index is -0.178. The van der Waals surface area contributed by atoms with Gasteiger partial charge in [-0.15, -0.1) is 11.8 Å². The van der Waals surface area contributed by atoms with Crippen molar-refractivity contribution in [2.45, 2.75) is 37.0 Å². The second kappa shape index (κ2) is 7.38. The van der Waals surface area contributed by atoms with Crippen molar-refractivity contribution < 1.29 is 14.4 Å². The number of nitrogens with one attached hydrogen (secondary N) is 1. The van der Waals surface area contributed by atoms with Gasteiger partial charge in [0.15, 0.2) is 0 Å². The lowest BCUT2D eigenvalue weighted by Crippen LogP contribution is -2.34. The molecule has 2 aliphatic rings. The zero-order valence-electron chi connectivity index (χ0n) is 13.8. The number of amides is 3. The van der Waals surface area contributed by atoms with Gasteiger partial charge in [-0.25, -0.2) is 0 Å². The molecule has 1 aromatic carbocycles. The van der Waals surface area contributed by atoms with E-state index in [4.69, 9.17) is 0 Å².